The maximum atomic E-state index is 5.78. The fourth-order valence-corrected chi connectivity index (χ4v) is 2.37. The second-order valence-electron chi connectivity index (χ2n) is 6.35. The molecule has 0 spiro atoms. The summed E-state index contributed by atoms with van der Waals surface area (Å²) >= 11 is 0. The Hall–Kier alpha value is -2.60. The quantitative estimate of drug-likeness (QED) is 0.735. The molecular weight excluding hydrogens is 314 g/mol. The minimum atomic E-state index is 0.395. The number of pyridine rings is 1. The van der Waals surface area contributed by atoms with E-state index in [0.717, 1.165) is 30.3 Å². The molecule has 1 aliphatic heterocycles. The van der Waals surface area contributed by atoms with Gasteiger partial charge >= 0.3 is 0 Å². The van der Waals surface area contributed by atoms with E-state index in [1.807, 2.05) is 24.3 Å². The normalized spacial score (nSPS) is 13.3. The van der Waals surface area contributed by atoms with Crippen LogP contribution >= 0.6 is 0 Å². The molecule has 2 aromatic rings. The standard InChI is InChI=1S/C19H23N5O/c1-14(2)9-10-20-11-15-3-6-17(7-4-15)25-18-8-5-16(12-21-18)19-22-13-23-24-19/h3-8,12,14,20H,9-11,13H2,1-2H3. The molecule has 0 bridgehead atoms. The number of azo groups is 1. The van der Waals surface area contributed by atoms with Gasteiger partial charge in [0.05, 0.1) is 0 Å². The number of benzene rings is 1. The van der Waals surface area contributed by atoms with E-state index in [0.29, 0.717) is 18.4 Å². The Morgan fingerprint density at radius 2 is 1.96 bits per heavy atom. The second kappa shape index (κ2) is 8.48. The number of nitrogens with one attached hydrogen (secondary N) is 1. The summed E-state index contributed by atoms with van der Waals surface area (Å²) in [6, 6.07) is 11.8. The maximum Gasteiger partial charge on any atom is 0.219 e. The van der Waals surface area contributed by atoms with Crippen molar-refractivity contribution in [1.82, 2.24) is 10.3 Å². The Labute approximate surface area is 148 Å². The number of amidine groups is 1. The van der Waals surface area contributed by atoms with Gasteiger partial charge in [0.15, 0.2) is 12.5 Å². The number of aliphatic imine (C=N–C) groups is 1. The van der Waals surface area contributed by atoms with Gasteiger partial charge in [0.2, 0.25) is 5.88 Å². The molecule has 2 heterocycles. The highest BCUT2D eigenvalue weighted by Crippen LogP contribution is 2.20. The van der Waals surface area contributed by atoms with Gasteiger partial charge in [-0.25, -0.2) is 9.98 Å². The molecule has 0 radical (unpaired) electrons. The van der Waals surface area contributed by atoms with Crippen LogP contribution in [0.1, 0.15) is 31.4 Å². The van der Waals surface area contributed by atoms with Gasteiger partial charge in [-0.05, 0) is 42.6 Å². The van der Waals surface area contributed by atoms with Crippen LogP contribution < -0.4 is 10.1 Å². The highest BCUT2D eigenvalue weighted by Gasteiger charge is 2.07. The summed E-state index contributed by atoms with van der Waals surface area (Å²) in [6.45, 7) is 6.78. The van der Waals surface area contributed by atoms with E-state index in [9.17, 15) is 0 Å². The average Bonchev–Trinajstić information content (AvgIpc) is 3.15. The molecule has 0 atom stereocenters. The van der Waals surface area contributed by atoms with Crippen molar-refractivity contribution in [1.29, 1.82) is 0 Å². The fourth-order valence-electron chi connectivity index (χ4n) is 2.37. The van der Waals surface area contributed by atoms with E-state index in [4.69, 9.17) is 4.74 Å². The Morgan fingerprint density at radius 3 is 2.60 bits per heavy atom. The van der Waals surface area contributed by atoms with Crippen molar-refractivity contribution >= 4 is 5.84 Å². The van der Waals surface area contributed by atoms with Gasteiger partial charge in [-0.2, -0.15) is 5.11 Å². The summed E-state index contributed by atoms with van der Waals surface area (Å²) in [6.07, 6.45) is 2.89. The molecule has 1 N–H and O–H groups in total. The van der Waals surface area contributed by atoms with Crippen LogP contribution in [0.3, 0.4) is 0 Å². The molecule has 1 aromatic carbocycles. The van der Waals surface area contributed by atoms with Crippen molar-refractivity contribution < 1.29 is 4.74 Å². The lowest BCUT2D eigenvalue weighted by Crippen LogP contribution is -2.16. The zero-order valence-electron chi connectivity index (χ0n) is 14.6. The number of hydrogen-bond donors (Lipinski definition) is 1. The molecule has 3 rings (SSSR count). The number of nitrogens with zero attached hydrogens (tertiary/aromatic N) is 4. The summed E-state index contributed by atoms with van der Waals surface area (Å²) < 4.78 is 5.78. The first-order valence-electron chi connectivity index (χ1n) is 8.56. The first kappa shape index (κ1) is 17.2. The first-order chi connectivity index (χ1) is 12.2. The van der Waals surface area contributed by atoms with Crippen molar-refractivity contribution in [2.24, 2.45) is 21.1 Å². The molecular formula is C19H23N5O. The summed E-state index contributed by atoms with van der Waals surface area (Å²) in [5.41, 5.74) is 2.08. The smallest absolute Gasteiger partial charge is 0.219 e. The minimum Gasteiger partial charge on any atom is -0.439 e. The van der Waals surface area contributed by atoms with Crippen LogP contribution in [0, 0.1) is 5.92 Å². The van der Waals surface area contributed by atoms with E-state index < -0.39 is 0 Å². The van der Waals surface area contributed by atoms with Gasteiger partial charge in [-0.1, -0.05) is 26.0 Å². The van der Waals surface area contributed by atoms with Crippen molar-refractivity contribution in [2.75, 3.05) is 13.2 Å². The third kappa shape index (κ3) is 5.19. The molecule has 0 unspecified atom stereocenters. The molecule has 6 nitrogen and oxygen atoms in total. The number of rotatable bonds is 8. The van der Waals surface area contributed by atoms with Crippen molar-refractivity contribution in [3.05, 3.63) is 53.7 Å². The Balaban J connectivity index is 1.52. The predicted octanol–water partition coefficient (Wildman–Crippen LogP) is 4.18. The summed E-state index contributed by atoms with van der Waals surface area (Å²) in [7, 11) is 0. The van der Waals surface area contributed by atoms with E-state index in [2.05, 4.69) is 51.5 Å². The lowest BCUT2D eigenvalue weighted by Gasteiger charge is -2.08. The van der Waals surface area contributed by atoms with Gasteiger partial charge in [0.1, 0.15) is 5.75 Å². The monoisotopic (exact) mass is 337 g/mol. The molecule has 6 heteroatoms. The third-order valence-electron chi connectivity index (χ3n) is 3.82. The summed E-state index contributed by atoms with van der Waals surface area (Å²) in [5.74, 6) is 2.66. The topological polar surface area (TPSA) is 71.2 Å². The Morgan fingerprint density at radius 1 is 1.12 bits per heavy atom. The zero-order valence-corrected chi connectivity index (χ0v) is 14.6. The van der Waals surface area contributed by atoms with Crippen molar-refractivity contribution in [3.8, 4) is 11.6 Å². The number of hydrogen-bond acceptors (Lipinski definition) is 6. The van der Waals surface area contributed by atoms with E-state index in [1.54, 1.807) is 6.20 Å². The molecule has 0 saturated carbocycles. The molecule has 0 aliphatic carbocycles. The van der Waals surface area contributed by atoms with Gasteiger partial charge in [0, 0.05) is 24.4 Å². The predicted molar refractivity (Wildman–Crippen MR) is 98.2 cm³/mol. The Kier molecular flexibility index (Phi) is 5.85. The third-order valence-corrected chi connectivity index (χ3v) is 3.82. The number of ether oxygens (including phenoxy) is 1. The van der Waals surface area contributed by atoms with Crippen LogP contribution in [-0.2, 0) is 6.54 Å². The van der Waals surface area contributed by atoms with Gasteiger partial charge < -0.3 is 10.1 Å². The van der Waals surface area contributed by atoms with E-state index >= 15 is 0 Å². The summed E-state index contributed by atoms with van der Waals surface area (Å²) in [5, 5.41) is 11.2. The molecule has 0 fully saturated rings. The minimum absolute atomic E-state index is 0.395. The highest BCUT2D eigenvalue weighted by molar-refractivity contribution is 5.99. The molecule has 130 valence electrons. The van der Waals surface area contributed by atoms with Crippen LogP contribution in [0.15, 0.2) is 57.8 Å². The van der Waals surface area contributed by atoms with E-state index in [-0.39, 0.29) is 0 Å². The Bertz CT molecular complexity index is 735. The van der Waals surface area contributed by atoms with Gasteiger partial charge in [0.25, 0.3) is 0 Å². The molecule has 1 aliphatic rings. The first-order valence-corrected chi connectivity index (χ1v) is 8.56. The fraction of sp³-hybridized carbons (Fsp3) is 0.368. The van der Waals surface area contributed by atoms with Crippen LogP contribution in [0.4, 0.5) is 0 Å². The lowest BCUT2D eigenvalue weighted by molar-refractivity contribution is 0.462. The van der Waals surface area contributed by atoms with Crippen LogP contribution in [0.5, 0.6) is 11.6 Å². The molecule has 25 heavy (non-hydrogen) atoms. The largest absolute Gasteiger partial charge is 0.439 e. The van der Waals surface area contributed by atoms with Crippen LogP contribution in [-0.4, -0.2) is 24.0 Å². The average molecular weight is 337 g/mol. The highest BCUT2D eigenvalue weighted by atomic mass is 16.5. The van der Waals surface area contributed by atoms with Crippen LogP contribution in [0.25, 0.3) is 0 Å². The van der Waals surface area contributed by atoms with E-state index in [1.165, 1.54) is 12.0 Å². The molecule has 1 aromatic heterocycles. The molecule has 0 amide bonds. The van der Waals surface area contributed by atoms with Crippen LogP contribution in [0.2, 0.25) is 0 Å². The number of aromatic nitrogens is 1. The van der Waals surface area contributed by atoms with Crippen molar-refractivity contribution in [2.45, 2.75) is 26.8 Å². The zero-order chi connectivity index (χ0) is 17.5. The SMILES string of the molecule is CC(C)CCNCc1ccc(Oc2ccc(C3=NCN=N3)cn2)cc1. The molecule has 0 saturated heterocycles. The van der Waals surface area contributed by atoms with Gasteiger partial charge in [-0.3, -0.25) is 0 Å². The van der Waals surface area contributed by atoms with Gasteiger partial charge in [-0.15, -0.1) is 5.11 Å². The lowest BCUT2D eigenvalue weighted by atomic mass is 10.1. The van der Waals surface area contributed by atoms with Crippen molar-refractivity contribution in [3.63, 3.8) is 0 Å². The summed E-state index contributed by atoms with van der Waals surface area (Å²) in [4.78, 5) is 8.47. The second-order valence-corrected chi connectivity index (χ2v) is 6.35. The maximum absolute atomic E-state index is 5.78.